The molecule has 1 fully saturated rings. The molecule has 0 aromatic rings. The SMILES string of the molecule is COC(=O)[C@H]1C[C@@H](OC)CN1C. The maximum absolute atomic E-state index is 11.2. The summed E-state index contributed by atoms with van der Waals surface area (Å²) in [4.78, 5) is 13.1. The van der Waals surface area contributed by atoms with Gasteiger partial charge in [-0.15, -0.1) is 0 Å². The first kappa shape index (κ1) is 9.48. The van der Waals surface area contributed by atoms with Crippen LogP contribution in [-0.2, 0) is 14.3 Å². The fraction of sp³-hybridized carbons (Fsp3) is 0.875. The van der Waals surface area contributed by atoms with Crippen LogP contribution in [0.5, 0.6) is 0 Å². The number of esters is 1. The van der Waals surface area contributed by atoms with Gasteiger partial charge in [-0.3, -0.25) is 9.69 Å². The Balaban J connectivity index is 2.51. The van der Waals surface area contributed by atoms with Gasteiger partial charge in [0.05, 0.1) is 13.2 Å². The number of carbonyl (C=O) groups excluding carboxylic acids is 1. The lowest BCUT2D eigenvalue weighted by Crippen LogP contribution is -2.33. The van der Waals surface area contributed by atoms with Crippen molar-refractivity contribution in [2.24, 2.45) is 0 Å². The quantitative estimate of drug-likeness (QED) is 0.546. The van der Waals surface area contributed by atoms with Crippen molar-refractivity contribution in [3.63, 3.8) is 0 Å². The van der Waals surface area contributed by atoms with E-state index in [1.165, 1.54) is 7.11 Å². The lowest BCUT2D eigenvalue weighted by atomic mass is 10.2. The molecule has 1 aliphatic rings. The molecule has 0 aromatic carbocycles. The summed E-state index contributed by atoms with van der Waals surface area (Å²) >= 11 is 0. The van der Waals surface area contributed by atoms with Crippen molar-refractivity contribution < 1.29 is 14.3 Å². The minimum Gasteiger partial charge on any atom is -0.468 e. The van der Waals surface area contributed by atoms with Gasteiger partial charge in [0.1, 0.15) is 6.04 Å². The normalized spacial score (nSPS) is 30.6. The molecule has 0 amide bonds. The van der Waals surface area contributed by atoms with E-state index >= 15 is 0 Å². The molecule has 0 aliphatic carbocycles. The van der Waals surface area contributed by atoms with E-state index in [4.69, 9.17) is 4.74 Å². The average Bonchev–Trinajstić information content (AvgIpc) is 2.45. The Kier molecular flexibility index (Phi) is 3.05. The second kappa shape index (κ2) is 3.87. The molecule has 0 saturated carbocycles. The largest absolute Gasteiger partial charge is 0.468 e. The highest BCUT2D eigenvalue weighted by molar-refractivity contribution is 5.76. The first-order valence-corrected chi connectivity index (χ1v) is 4.00. The van der Waals surface area contributed by atoms with Crippen LogP contribution in [-0.4, -0.2) is 50.8 Å². The maximum Gasteiger partial charge on any atom is 0.323 e. The Labute approximate surface area is 72.4 Å². The molecular formula is C8H15NO3. The van der Waals surface area contributed by atoms with Crippen molar-refractivity contribution in [1.82, 2.24) is 4.90 Å². The molecule has 2 atom stereocenters. The Morgan fingerprint density at radius 1 is 1.50 bits per heavy atom. The first-order chi connectivity index (χ1) is 5.69. The van der Waals surface area contributed by atoms with Crippen molar-refractivity contribution in [3.8, 4) is 0 Å². The minimum atomic E-state index is -0.169. The smallest absolute Gasteiger partial charge is 0.323 e. The number of rotatable bonds is 2. The minimum absolute atomic E-state index is 0.125. The molecule has 1 rings (SSSR count). The van der Waals surface area contributed by atoms with Gasteiger partial charge in [-0.1, -0.05) is 0 Å². The van der Waals surface area contributed by atoms with E-state index < -0.39 is 0 Å². The van der Waals surface area contributed by atoms with E-state index in [-0.39, 0.29) is 18.1 Å². The molecular weight excluding hydrogens is 158 g/mol. The highest BCUT2D eigenvalue weighted by Gasteiger charge is 2.34. The maximum atomic E-state index is 11.2. The summed E-state index contributed by atoms with van der Waals surface area (Å²) in [6, 6.07) is -0.125. The number of hydrogen-bond acceptors (Lipinski definition) is 4. The zero-order valence-corrected chi connectivity index (χ0v) is 7.74. The highest BCUT2D eigenvalue weighted by Crippen LogP contribution is 2.18. The molecule has 0 N–H and O–H groups in total. The van der Waals surface area contributed by atoms with Crippen molar-refractivity contribution in [1.29, 1.82) is 0 Å². The fourth-order valence-corrected chi connectivity index (χ4v) is 1.53. The van der Waals surface area contributed by atoms with Gasteiger partial charge in [0.2, 0.25) is 0 Å². The number of likely N-dealkylation sites (tertiary alicyclic amines) is 1. The Morgan fingerprint density at radius 2 is 2.17 bits per heavy atom. The number of likely N-dealkylation sites (N-methyl/N-ethyl adjacent to an activating group) is 1. The standard InChI is InChI=1S/C8H15NO3/c1-9-5-6(11-2)4-7(9)8(10)12-3/h6-7H,4-5H2,1-3H3/t6-,7-/m1/s1. The van der Waals surface area contributed by atoms with Crippen molar-refractivity contribution in [2.45, 2.75) is 18.6 Å². The molecule has 0 unspecified atom stereocenters. The molecule has 4 heteroatoms. The number of hydrogen-bond donors (Lipinski definition) is 0. The number of methoxy groups -OCH3 is 2. The fourth-order valence-electron chi connectivity index (χ4n) is 1.53. The molecule has 0 bridgehead atoms. The van der Waals surface area contributed by atoms with E-state index in [1.807, 2.05) is 11.9 Å². The highest BCUT2D eigenvalue weighted by atomic mass is 16.5. The summed E-state index contributed by atoms with van der Waals surface area (Å²) in [5.41, 5.74) is 0. The molecule has 0 aromatic heterocycles. The van der Waals surface area contributed by atoms with E-state index in [1.54, 1.807) is 7.11 Å². The van der Waals surface area contributed by atoms with Crippen LogP contribution in [0.25, 0.3) is 0 Å². The van der Waals surface area contributed by atoms with E-state index in [0.29, 0.717) is 0 Å². The van der Waals surface area contributed by atoms with E-state index in [9.17, 15) is 4.79 Å². The zero-order valence-electron chi connectivity index (χ0n) is 7.74. The third-order valence-electron chi connectivity index (χ3n) is 2.32. The van der Waals surface area contributed by atoms with Crippen LogP contribution in [0.3, 0.4) is 0 Å². The number of carbonyl (C=O) groups is 1. The second-order valence-corrected chi connectivity index (χ2v) is 3.07. The topological polar surface area (TPSA) is 38.8 Å². The molecule has 4 nitrogen and oxygen atoms in total. The van der Waals surface area contributed by atoms with Crippen molar-refractivity contribution >= 4 is 5.97 Å². The van der Waals surface area contributed by atoms with Crippen LogP contribution in [0.2, 0.25) is 0 Å². The first-order valence-electron chi connectivity index (χ1n) is 4.00. The van der Waals surface area contributed by atoms with Crippen LogP contribution >= 0.6 is 0 Å². The summed E-state index contributed by atoms with van der Waals surface area (Å²) in [7, 11) is 4.98. The van der Waals surface area contributed by atoms with Gasteiger partial charge in [0.25, 0.3) is 0 Å². The van der Waals surface area contributed by atoms with Gasteiger partial charge >= 0.3 is 5.97 Å². The number of nitrogens with zero attached hydrogens (tertiary/aromatic N) is 1. The Morgan fingerprint density at radius 3 is 2.58 bits per heavy atom. The zero-order chi connectivity index (χ0) is 9.14. The van der Waals surface area contributed by atoms with Gasteiger partial charge in [-0.25, -0.2) is 0 Å². The molecule has 1 heterocycles. The Hall–Kier alpha value is -0.610. The summed E-state index contributed by atoms with van der Waals surface area (Å²) < 4.78 is 9.82. The summed E-state index contributed by atoms with van der Waals surface area (Å²) in [5, 5.41) is 0. The average molecular weight is 173 g/mol. The molecule has 12 heavy (non-hydrogen) atoms. The van der Waals surface area contributed by atoms with Crippen LogP contribution in [0.4, 0.5) is 0 Å². The van der Waals surface area contributed by atoms with Gasteiger partial charge in [-0.2, -0.15) is 0 Å². The molecule has 1 aliphatic heterocycles. The van der Waals surface area contributed by atoms with Gasteiger partial charge in [0.15, 0.2) is 0 Å². The van der Waals surface area contributed by atoms with Crippen LogP contribution < -0.4 is 0 Å². The Bertz CT molecular complexity index is 172. The summed E-state index contributed by atoms with van der Waals surface area (Å²) in [6.07, 6.45) is 0.902. The third-order valence-corrected chi connectivity index (χ3v) is 2.32. The van der Waals surface area contributed by atoms with Crippen molar-refractivity contribution in [2.75, 3.05) is 27.8 Å². The van der Waals surface area contributed by atoms with Gasteiger partial charge in [-0.05, 0) is 7.05 Å². The van der Waals surface area contributed by atoms with Crippen LogP contribution in [0, 0.1) is 0 Å². The van der Waals surface area contributed by atoms with Crippen LogP contribution in [0.15, 0.2) is 0 Å². The predicted molar refractivity (Wildman–Crippen MR) is 43.8 cm³/mol. The molecule has 0 spiro atoms. The predicted octanol–water partition coefficient (Wildman–Crippen LogP) is -0.122. The molecule has 1 saturated heterocycles. The van der Waals surface area contributed by atoms with E-state index in [0.717, 1.165) is 13.0 Å². The number of ether oxygens (including phenoxy) is 2. The van der Waals surface area contributed by atoms with Gasteiger partial charge < -0.3 is 9.47 Å². The molecule has 70 valence electrons. The van der Waals surface area contributed by atoms with Gasteiger partial charge in [0, 0.05) is 20.1 Å². The third kappa shape index (κ3) is 1.76. The van der Waals surface area contributed by atoms with Crippen LogP contribution in [0.1, 0.15) is 6.42 Å². The molecule has 0 radical (unpaired) electrons. The monoisotopic (exact) mass is 173 g/mol. The van der Waals surface area contributed by atoms with E-state index in [2.05, 4.69) is 4.74 Å². The summed E-state index contributed by atoms with van der Waals surface area (Å²) in [5.74, 6) is -0.169. The lowest BCUT2D eigenvalue weighted by molar-refractivity contribution is -0.145. The second-order valence-electron chi connectivity index (χ2n) is 3.07. The summed E-state index contributed by atoms with van der Waals surface area (Å²) in [6.45, 7) is 0.802. The van der Waals surface area contributed by atoms with Crippen molar-refractivity contribution in [3.05, 3.63) is 0 Å². The lowest BCUT2D eigenvalue weighted by Gasteiger charge is -2.15.